The maximum atomic E-state index is 11.4. The molecule has 0 radical (unpaired) electrons. The van der Waals surface area contributed by atoms with Crippen molar-refractivity contribution < 1.29 is 14.3 Å². The van der Waals surface area contributed by atoms with Gasteiger partial charge in [0.15, 0.2) is 0 Å². The lowest BCUT2D eigenvalue weighted by Gasteiger charge is -2.14. The molecule has 1 atom stereocenters. The number of carbonyl (C=O) groups is 1. The molecule has 80 valence electrons. The summed E-state index contributed by atoms with van der Waals surface area (Å²) in [5, 5.41) is 2.82. The van der Waals surface area contributed by atoms with Crippen molar-refractivity contribution >= 4 is 6.09 Å². The molecular weight excluding hydrogens is 182 g/mol. The Balaban J connectivity index is 1.66. The number of nitrogens with one attached hydrogen (secondary N) is 1. The molecular formula is C10H17NO3. The number of rotatable bonds is 2. The summed E-state index contributed by atoms with van der Waals surface area (Å²) in [6, 6.07) is 0.156. The van der Waals surface area contributed by atoms with Gasteiger partial charge < -0.3 is 14.8 Å². The molecule has 1 saturated carbocycles. The van der Waals surface area contributed by atoms with E-state index in [1.807, 2.05) is 0 Å². The molecule has 0 aromatic rings. The van der Waals surface area contributed by atoms with E-state index < -0.39 is 0 Å². The number of ether oxygens (including phenoxy) is 2. The molecule has 14 heavy (non-hydrogen) atoms. The molecule has 1 heterocycles. The van der Waals surface area contributed by atoms with E-state index in [-0.39, 0.29) is 18.2 Å². The summed E-state index contributed by atoms with van der Waals surface area (Å²) in [4.78, 5) is 11.4. The van der Waals surface area contributed by atoms with Crippen molar-refractivity contribution in [2.24, 2.45) is 0 Å². The van der Waals surface area contributed by atoms with E-state index in [0.29, 0.717) is 6.61 Å². The first-order valence-electron chi connectivity index (χ1n) is 5.39. The molecule has 1 saturated heterocycles. The average Bonchev–Trinajstić information content (AvgIpc) is 2.76. The molecule has 0 spiro atoms. The molecule has 1 unspecified atom stereocenters. The van der Waals surface area contributed by atoms with Gasteiger partial charge in [0, 0.05) is 6.61 Å². The molecule has 2 rings (SSSR count). The van der Waals surface area contributed by atoms with E-state index in [1.165, 1.54) is 12.8 Å². The molecule has 0 aromatic carbocycles. The molecule has 4 nitrogen and oxygen atoms in total. The van der Waals surface area contributed by atoms with E-state index in [0.717, 1.165) is 25.9 Å². The van der Waals surface area contributed by atoms with Crippen molar-refractivity contribution in [2.75, 3.05) is 13.2 Å². The summed E-state index contributed by atoms with van der Waals surface area (Å²) in [6.07, 6.45) is 5.20. The second-order valence-electron chi connectivity index (χ2n) is 4.02. The monoisotopic (exact) mass is 199 g/mol. The maximum Gasteiger partial charge on any atom is 0.407 e. The molecule has 2 aliphatic rings. The van der Waals surface area contributed by atoms with E-state index in [9.17, 15) is 4.79 Å². The Morgan fingerprint density at radius 2 is 2.07 bits per heavy atom. The Kier molecular flexibility index (Phi) is 3.24. The predicted molar refractivity (Wildman–Crippen MR) is 51.1 cm³/mol. The van der Waals surface area contributed by atoms with Crippen molar-refractivity contribution in [3.05, 3.63) is 0 Å². The Morgan fingerprint density at radius 3 is 2.71 bits per heavy atom. The summed E-state index contributed by atoms with van der Waals surface area (Å²) in [5.74, 6) is 0. The first-order valence-corrected chi connectivity index (χ1v) is 5.39. The highest BCUT2D eigenvalue weighted by Gasteiger charge is 2.22. The van der Waals surface area contributed by atoms with Crippen LogP contribution in [0, 0.1) is 0 Å². The minimum absolute atomic E-state index is 0.150. The predicted octanol–water partition coefficient (Wildman–Crippen LogP) is 1.44. The summed E-state index contributed by atoms with van der Waals surface area (Å²) in [6.45, 7) is 1.37. The van der Waals surface area contributed by atoms with Gasteiger partial charge in [-0.25, -0.2) is 4.79 Å². The number of hydrogen-bond donors (Lipinski definition) is 1. The number of amides is 1. The van der Waals surface area contributed by atoms with Crippen LogP contribution in [-0.2, 0) is 9.47 Å². The van der Waals surface area contributed by atoms with Crippen LogP contribution in [-0.4, -0.2) is 31.5 Å². The smallest absolute Gasteiger partial charge is 0.407 e. The molecule has 4 heteroatoms. The lowest BCUT2D eigenvalue weighted by Crippen LogP contribution is -2.37. The first-order chi connectivity index (χ1) is 6.84. The fourth-order valence-corrected chi connectivity index (χ4v) is 2.01. The van der Waals surface area contributed by atoms with Crippen LogP contribution >= 0.6 is 0 Å². The zero-order chi connectivity index (χ0) is 9.80. The molecule has 0 bridgehead atoms. The third-order valence-electron chi connectivity index (χ3n) is 2.83. The van der Waals surface area contributed by atoms with Crippen molar-refractivity contribution in [3.8, 4) is 0 Å². The Hall–Kier alpha value is -0.770. The fraction of sp³-hybridized carbons (Fsp3) is 0.900. The van der Waals surface area contributed by atoms with Gasteiger partial charge in [-0.2, -0.15) is 0 Å². The Bertz CT molecular complexity index is 176. The van der Waals surface area contributed by atoms with Gasteiger partial charge >= 0.3 is 6.09 Å². The molecule has 1 amide bonds. The van der Waals surface area contributed by atoms with Gasteiger partial charge in [-0.15, -0.1) is 0 Å². The van der Waals surface area contributed by atoms with Crippen LogP contribution < -0.4 is 5.32 Å². The molecule has 0 aromatic heterocycles. The summed E-state index contributed by atoms with van der Waals surface area (Å²) in [5.41, 5.74) is 0. The highest BCUT2D eigenvalue weighted by molar-refractivity contribution is 5.67. The minimum atomic E-state index is -0.271. The van der Waals surface area contributed by atoms with Crippen molar-refractivity contribution in [2.45, 2.75) is 44.2 Å². The summed E-state index contributed by atoms with van der Waals surface area (Å²) >= 11 is 0. The number of carbonyl (C=O) groups excluding carboxylic acids is 1. The van der Waals surface area contributed by atoms with E-state index in [4.69, 9.17) is 9.47 Å². The molecule has 2 fully saturated rings. The third kappa shape index (κ3) is 2.61. The van der Waals surface area contributed by atoms with Crippen molar-refractivity contribution in [3.63, 3.8) is 0 Å². The minimum Gasteiger partial charge on any atom is -0.446 e. The first kappa shape index (κ1) is 9.77. The van der Waals surface area contributed by atoms with E-state index in [1.54, 1.807) is 0 Å². The second-order valence-corrected chi connectivity index (χ2v) is 4.02. The SMILES string of the molecule is O=C(NC1CCOC1)OC1CCCC1. The van der Waals surface area contributed by atoms with Gasteiger partial charge in [0.1, 0.15) is 6.10 Å². The van der Waals surface area contributed by atoms with Crippen LogP contribution in [0.25, 0.3) is 0 Å². The van der Waals surface area contributed by atoms with Gasteiger partial charge in [-0.3, -0.25) is 0 Å². The zero-order valence-corrected chi connectivity index (χ0v) is 8.33. The van der Waals surface area contributed by atoms with Crippen LogP contribution in [0.3, 0.4) is 0 Å². The lowest BCUT2D eigenvalue weighted by atomic mass is 10.3. The van der Waals surface area contributed by atoms with Crippen LogP contribution in [0.2, 0.25) is 0 Å². The Morgan fingerprint density at radius 1 is 1.29 bits per heavy atom. The zero-order valence-electron chi connectivity index (χ0n) is 8.33. The van der Waals surface area contributed by atoms with Crippen molar-refractivity contribution in [1.82, 2.24) is 5.32 Å². The topological polar surface area (TPSA) is 47.6 Å². The molecule has 1 N–H and O–H groups in total. The van der Waals surface area contributed by atoms with E-state index in [2.05, 4.69) is 5.32 Å². The highest BCUT2D eigenvalue weighted by Crippen LogP contribution is 2.21. The number of alkyl carbamates (subject to hydrolysis) is 1. The quantitative estimate of drug-likeness (QED) is 0.732. The standard InChI is InChI=1S/C10H17NO3/c12-10(11-8-5-6-13-7-8)14-9-3-1-2-4-9/h8-9H,1-7H2,(H,11,12). The van der Waals surface area contributed by atoms with Crippen LogP contribution in [0.4, 0.5) is 4.79 Å². The summed E-state index contributed by atoms with van der Waals surface area (Å²) in [7, 11) is 0. The highest BCUT2D eigenvalue weighted by atomic mass is 16.6. The van der Waals surface area contributed by atoms with Gasteiger partial charge in [0.2, 0.25) is 0 Å². The van der Waals surface area contributed by atoms with Crippen molar-refractivity contribution in [1.29, 1.82) is 0 Å². The largest absolute Gasteiger partial charge is 0.446 e. The molecule has 1 aliphatic heterocycles. The van der Waals surface area contributed by atoms with Gasteiger partial charge in [-0.05, 0) is 32.1 Å². The lowest BCUT2D eigenvalue weighted by molar-refractivity contribution is 0.0964. The average molecular weight is 199 g/mol. The second kappa shape index (κ2) is 4.64. The van der Waals surface area contributed by atoms with Crippen LogP contribution in [0.1, 0.15) is 32.1 Å². The van der Waals surface area contributed by atoms with Crippen LogP contribution in [0.15, 0.2) is 0 Å². The number of hydrogen-bond acceptors (Lipinski definition) is 3. The normalized spacial score (nSPS) is 27.9. The van der Waals surface area contributed by atoms with Gasteiger partial charge in [0.25, 0.3) is 0 Å². The van der Waals surface area contributed by atoms with Gasteiger partial charge in [0.05, 0.1) is 12.6 Å². The third-order valence-corrected chi connectivity index (χ3v) is 2.83. The fourth-order valence-electron chi connectivity index (χ4n) is 2.01. The van der Waals surface area contributed by atoms with Crippen LogP contribution in [0.5, 0.6) is 0 Å². The van der Waals surface area contributed by atoms with Gasteiger partial charge in [-0.1, -0.05) is 0 Å². The Labute approximate surface area is 84.0 Å². The molecule has 1 aliphatic carbocycles. The van der Waals surface area contributed by atoms with E-state index >= 15 is 0 Å². The summed E-state index contributed by atoms with van der Waals surface area (Å²) < 4.78 is 10.4. The maximum absolute atomic E-state index is 11.4.